The van der Waals surface area contributed by atoms with Gasteiger partial charge in [0, 0.05) is 38.9 Å². The van der Waals surface area contributed by atoms with Crippen LogP contribution in [0.2, 0.25) is 5.02 Å². The number of rotatable bonds is 4. The summed E-state index contributed by atoms with van der Waals surface area (Å²) in [6.45, 7) is 0. The number of carbonyl (C=O) groups is 1. The number of anilines is 1. The molecule has 0 bridgehead atoms. The lowest BCUT2D eigenvalue weighted by Crippen LogP contribution is -2.12. The van der Waals surface area contributed by atoms with Crippen LogP contribution in [0.3, 0.4) is 0 Å². The Labute approximate surface area is 136 Å². The Kier molecular flexibility index (Phi) is 5.09. The fraction of sp³-hybridized carbons (Fsp3) is 0.133. The molecule has 0 aliphatic heterocycles. The molecule has 0 radical (unpaired) electrons. The molecule has 0 heterocycles. The molecule has 110 valence electrons. The average molecular weight is 371 g/mol. The van der Waals surface area contributed by atoms with Crippen LogP contribution < -0.4 is 14.8 Å². The topological polar surface area (TPSA) is 47.6 Å². The molecule has 0 aliphatic rings. The van der Waals surface area contributed by atoms with Crippen LogP contribution in [-0.2, 0) is 0 Å². The molecule has 1 amide bonds. The van der Waals surface area contributed by atoms with Crippen molar-refractivity contribution in [1.82, 2.24) is 0 Å². The molecular formula is C15H13BrClNO3. The molecule has 0 unspecified atom stereocenters. The zero-order valence-corrected chi connectivity index (χ0v) is 13.8. The fourth-order valence-corrected chi connectivity index (χ4v) is 2.63. The fourth-order valence-electron chi connectivity index (χ4n) is 1.77. The van der Waals surface area contributed by atoms with E-state index in [-0.39, 0.29) is 5.91 Å². The molecule has 2 rings (SSSR count). The van der Waals surface area contributed by atoms with Crippen LogP contribution >= 0.6 is 27.5 Å². The van der Waals surface area contributed by atoms with Gasteiger partial charge in [-0.05, 0) is 18.2 Å². The van der Waals surface area contributed by atoms with E-state index >= 15 is 0 Å². The third-order valence-electron chi connectivity index (χ3n) is 2.73. The van der Waals surface area contributed by atoms with E-state index in [9.17, 15) is 4.79 Å². The molecule has 2 aromatic rings. The second-order valence-electron chi connectivity index (χ2n) is 4.21. The highest BCUT2D eigenvalue weighted by Gasteiger charge is 2.10. The molecule has 21 heavy (non-hydrogen) atoms. The first-order valence-electron chi connectivity index (χ1n) is 6.02. The Balaban J connectivity index is 2.26. The standard InChI is InChI=1S/C15H13BrClNO3/c1-20-13-6-12(7-14(8-13)21-2)18-15(19)9-3-10(16)5-11(17)4-9/h3-8H,1-2H3,(H,18,19). The van der Waals surface area contributed by atoms with E-state index in [4.69, 9.17) is 21.1 Å². The van der Waals surface area contributed by atoms with E-state index in [0.717, 1.165) is 4.47 Å². The molecule has 0 atom stereocenters. The molecule has 0 saturated heterocycles. The van der Waals surface area contributed by atoms with Crippen LogP contribution in [0.5, 0.6) is 11.5 Å². The highest BCUT2D eigenvalue weighted by atomic mass is 79.9. The van der Waals surface area contributed by atoms with Crippen molar-refractivity contribution in [3.63, 3.8) is 0 Å². The largest absolute Gasteiger partial charge is 0.497 e. The number of carbonyl (C=O) groups excluding carboxylic acids is 1. The van der Waals surface area contributed by atoms with E-state index in [2.05, 4.69) is 21.2 Å². The highest BCUT2D eigenvalue weighted by Crippen LogP contribution is 2.26. The zero-order chi connectivity index (χ0) is 15.4. The third-order valence-corrected chi connectivity index (χ3v) is 3.41. The van der Waals surface area contributed by atoms with Gasteiger partial charge in [-0.25, -0.2) is 0 Å². The van der Waals surface area contributed by atoms with Gasteiger partial charge < -0.3 is 14.8 Å². The number of hydrogen-bond donors (Lipinski definition) is 1. The number of ether oxygens (including phenoxy) is 2. The molecule has 0 fully saturated rings. The maximum Gasteiger partial charge on any atom is 0.255 e. The smallest absolute Gasteiger partial charge is 0.255 e. The summed E-state index contributed by atoms with van der Waals surface area (Å²) in [5, 5.41) is 3.27. The van der Waals surface area contributed by atoms with Gasteiger partial charge in [0.05, 0.1) is 14.2 Å². The molecule has 0 spiro atoms. The number of nitrogens with one attached hydrogen (secondary N) is 1. The molecule has 6 heteroatoms. The highest BCUT2D eigenvalue weighted by molar-refractivity contribution is 9.10. The predicted octanol–water partition coefficient (Wildman–Crippen LogP) is 4.37. The van der Waals surface area contributed by atoms with E-state index in [0.29, 0.717) is 27.8 Å². The van der Waals surface area contributed by atoms with Crippen molar-refractivity contribution in [2.45, 2.75) is 0 Å². The van der Waals surface area contributed by atoms with Crippen molar-refractivity contribution < 1.29 is 14.3 Å². The van der Waals surface area contributed by atoms with Crippen LogP contribution in [0.25, 0.3) is 0 Å². The minimum atomic E-state index is -0.270. The van der Waals surface area contributed by atoms with Gasteiger partial charge in [-0.15, -0.1) is 0 Å². The number of hydrogen-bond acceptors (Lipinski definition) is 3. The Morgan fingerprint density at radius 1 is 1.05 bits per heavy atom. The maximum atomic E-state index is 12.2. The summed E-state index contributed by atoms with van der Waals surface area (Å²) in [6, 6.07) is 10.1. The first-order chi connectivity index (χ1) is 10.0. The first-order valence-corrected chi connectivity index (χ1v) is 7.19. The van der Waals surface area contributed by atoms with Crippen molar-refractivity contribution in [2.75, 3.05) is 19.5 Å². The molecule has 2 aromatic carbocycles. The summed E-state index contributed by atoms with van der Waals surface area (Å²) in [6.07, 6.45) is 0. The second-order valence-corrected chi connectivity index (χ2v) is 5.57. The number of halogens is 2. The van der Waals surface area contributed by atoms with Gasteiger partial charge in [0.1, 0.15) is 11.5 Å². The van der Waals surface area contributed by atoms with E-state index in [1.807, 2.05) is 0 Å². The molecule has 4 nitrogen and oxygen atoms in total. The minimum absolute atomic E-state index is 0.270. The molecule has 0 aromatic heterocycles. The summed E-state index contributed by atoms with van der Waals surface area (Å²) in [5.41, 5.74) is 1.03. The van der Waals surface area contributed by atoms with Gasteiger partial charge in [-0.2, -0.15) is 0 Å². The van der Waals surface area contributed by atoms with Gasteiger partial charge in [0.25, 0.3) is 5.91 Å². The molecular weight excluding hydrogens is 358 g/mol. The van der Waals surface area contributed by atoms with Gasteiger partial charge in [-0.3, -0.25) is 4.79 Å². The SMILES string of the molecule is COc1cc(NC(=O)c2cc(Cl)cc(Br)c2)cc(OC)c1. The summed E-state index contributed by atoms with van der Waals surface area (Å²) < 4.78 is 11.1. The van der Waals surface area contributed by atoms with Gasteiger partial charge in [-0.1, -0.05) is 27.5 Å². The summed E-state index contributed by atoms with van der Waals surface area (Å²) in [5.74, 6) is 0.919. The predicted molar refractivity (Wildman–Crippen MR) is 86.7 cm³/mol. The summed E-state index contributed by atoms with van der Waals surface area (Å²) in [7, 11) is 3.10. The minimum Gasteiger partial charge on any atom is -0.497 e. The maximum absolute atomic E-state index is 12.2. The van der Waals surface area contributed by atoms with Crippen molar-refractivity contribution >= 4 is 39.1 Å². The molecule has 0 aliphatic carbocycles. The van der Waals surface area contributed by atoms with Crippen molar-refractivity contribution in [2.24, 2.45) is 0 Å². The number of methoxy groups -OCH3 is 2. The van der Waals surface area contributed by atoms with Crippen molar-refractivity contribution in [3.8, 4) is 11.5 Å². The Bertz CT molecular complexity index is 633. The van der Waals surface area contributed by atoms with Gasteiger partial charge in [0.15, 0.2) is 0 Å². The third kappa shape index (κ3) is 4.12. The van der Waals surface area contributed by atoms with Crippen molar-refractivity contribution in [1.29, 1.82) is 0 Å². The Morgan fingerprint density at radius 2 is 1.67 bits per heavy atom. The lowest BCUT2D eigenvalue weighted by atomic mass is 10.2. The number of benzene rings is 2. The lowest BCUT2D eigenvalue weighted by molar-refractivity contribution is 0.102. The zero-order valence-electron chi connectivity index (χ0n) is 11.4. The Morgan fingerprint density at radius 3 is 2.19 bits per heavy atom. The summed E-state index contributed by atoms with van der Waals surface area (Å²) >= 11 is 9.25. The average Bonchev–Trinajstić information content (AvgIpc) is 2.45. The second kappa shape index (κ2) is 6.83. The number of amides is 1. The van der Waals surface area contributed by atoms with Gasteiger partial charge in [0.2, 0.25) is 0 Å². The van der Waals surface area contributed by atoms with Crippen LogP contribution in [0, 0.1) is 0 Å². The molecule has 0 saturated carbocycles. The monoisotopic (exact) mass is 369 g/mol. The van der Waals surface area contributed by atoms with Gasteiger partial charge >= 0.3 is 0 Å². The van der Waals surface area contributed by atoms with Crippen LogP contribution in [0.15, 0.2) is 40.9 Å². The van der Waals surface area contributed by atoms with Crippen LogP contribution in [-0.4, -0.2) is 20.1 Å². The van der Waals surface area contributed by atoms with Crippen molar-refractivity contribution in [3.05, 3.63) is 51.5 Å². The molecule has 1 N–H and O–H groups in total. The van der Waals surface area contributed by atoms with E-state index in [1.54, 1.807) is 50.6 Å². The summed E-state index contributed by atoms with van der Waals surface area (Å²) in [4.78, 5) is 12.2. The van der Waals surface area contributed by atoms with E-state index < -0.39 is 0 Å². The van der Waals surface area contributed by atoms with Crippen LogP contribution in [0.1, 0.15) is 10.4 Å². The first kappa shape index (κ1) is 15.7. The lowest BCUT2D eigenvalue weighted by Gasteiger charge is -2.10. The van der Waals surface area contributed by atoms with Crippen LogP contribution in [0.4, 0.5) is 5.69 Å². The Hall–Kier alpha value is -1.72. The normalized spacial score (nSPS) is 10.1. The quantitative estimate of drug-likeness (QED) is 0.869. The van der Waals surface area contributed by atoms with E-state index in [1.165, 1.54) is 0 Å².